The van der Waals surface area contributed by atoms with Gasteiger partial charge in [0.1, 0.15) is 22.5 Å². The Morgan fingerprint density at radius 3 is 2.45 bits per heavy atom. The number of aryl methyl sites for hydroxylation is 2. The number of carbonyl (C=O) groups excluding carboxylic acids is 4. The average Bonchev–Trinajstić information content (AvgIpc) is 3.56. The molecule has 4 aromatic rings. The summed E-state index contributed by atoms with van der Waals surface area (Å²) in [4.78, 5) is 56.2. The molecule has 5 N–H and O–H groups in total. The summed E-state index contributed by atoms with van der Waals surface area (Å²) in [6.07, 6.45) is -0.109. The Labute approximate surface area is 316 Å². The van der Waals surface area contributed by atoms with E-state index in [0.29, 0.717) is 34.3 Å². The Hall–Kier alpha value is -5.52. The molecule has 53 heavy (non-hydrogen) atoms. The number of fused-ring (bicyclic) bond motifs is 3. The lowest BCUT2D eigenvalue weighted by Gasteiger charge is -2.19. The van der Waals surface area contributed by atoms with Gasteiger partial charge >= 0.3 is 6.09 Å². The van der Waals surface area contributed by atoms with Crippen LogP contribution in [0.4, 0.5) is 10.5 Å². The molecule has 15 heteroatoms. The number of hydrogen-bond acceptors (Lipinski definition) is 9. The molecule has 1 aliphatic rings. The van der Waals surface area contributed by atoms with Crippen molar-refractivity contribution >= 4 is 58.2 Å². The van der Waals surface area contributed by atoms with Crippen LogP contribution in [0.5, 0.6) is 0 Å². The van der Waals surface area contributed by atoms with Crippen LogP contribution >= 0.6 is 22.9 Å². The smallest absolute Gasteiger partial charge is 0.408 e. The lowest BCUT2D eigenvalue weighted by atomic mass is 9.99. The Kier molecular flexibility index (Phi) is 12.0. The third-order valence-corrected chi connectivity index (χ3v) is 9.59. The summed E-state index contributed by atoms with van der Waals surface area (Å²) in [6, 6.07) is 11.4. The van der Waals surface area contributed by atoms with Gasteiger partial charge in [0.05, 0.1) is 24.2 Å². The Balaban J connectivity index is 1.20. The van der Waals surface area contributed by atoms with Crippen molar-refractivity contribution in [3.63, 3.8) is 0 Å². The van der Waals surface area contributed by atoms with Crippen molar-refractivity contribution in [1.29, 1.82) is 0 Å². The molecule has 0 radical (unpaired) electrons. The monoisotopic (exact) mass is 756 g/mol. The van der Waals surface area contributed by atoms with E-state index in [9.17, 15) is 19.2 Å². The molecule has 276 valence electrons. The maximum atomic E-state index is 13.3. The van der Waals surface area contributed by atoms with Gasteiger partial charge in [-0.3, -0.25) is 23.9 Å². The molecule has 2 aromatic heterocycles. The quantitative estimate of drug-likeness (QED) is 0.118. The van der Waals surface area contributed by atoms with Gasteiger partial charge in [-0.1, -0.05) is 35.6 Å². The van der Waals surface area contributed by atoms with Gasteiger partial charge in [-0.05, 0) is 83.9 Å². The number of aliphatic imine (C=N–C) groups is 1. The predicted molar refractivity (Wildman–Crippen MR) is 205 cm³/mol. The van der Waals surface area contributed by atoms with E-state index in [1.54, 1.807) is 38.2 Å². The third kappa shape index (κ3) is 9.68. The van der Waals surface area contributed by atoms with Crippen molar-refractivity contribution in [3.8, 4) is 16.8 Å². The number of thiophene rings is 1. The second-order valence-electron chi connectivity index (χ2n) is 13.4. The molecule has 0 saturated carbocycles. The van der Waals surface area contributed by atoms with Crippen LogP contribution < -0.4 is 21.7 Å². The van der Waals surface area contributed by atoms with Crippen molar-refractivity contribution in [3.05, 3.63) is 91.8 Å². The molecule has 0 saturated heterocycles. The lowest BCUT2D eigenvalue weighted by Crippen LogP contribution is -2.32. The number of aromatic nitrogens is 3. The first-order chi connectivity index (χ1) is 25.1. The van der Waals surface area contributed by atoms with E-state index in [1.807, 2.05) is 35.8 Å². The number of alkyl carbamates (subject to hydrolysis) is 1. The lowest BCUT2D eigenvalue weighted by molar-refractivity contribution is -0.122. The molecule has 3 heterocycles. The first-order valence-electron chi connectivity index (χ1n) is 16.9. The van der Waals surface area contributed by atoms with Crippen LogP contribution in [-0.4, -0.2) is 63.0 Å². The van der Waals surface area contributed by atoms with Crippen LogP contribution in [-0.2, 0) is 14.3 Å². The highest BCUT2D eigenvalue weighted by Crippen LogP contribution is 2.39. The molecule has 1 atom stereocenters. The second-order valence-corrected chi connectivity index (χ2v) is 15.0. The number of amides is 4. The fraction of sp³-hybridized carbons (Fsp3) is 0.342. The molecule has 5 rings (SSSR count). The minimum atomic E-state index is -0.685. The summed E-state index contributed by atoms with van der Waals surface area (Å²) in [5.41, 5.74) is 9.44. The highest BCUT2D eigenvalue weighted by atomic mass is 35.5. The number of rotatable bonds is 10. The summed E-state index contributed by atoms with van der Waals surface area (Å²) < 4.78 is 7.17. The number of ether oxygens (including phenoxy) is 1. The zero-order valence-electron chi connectivity index (χ0n) is 30.3. The molecule has 0 unspecified atom stereocenters. The van der Waals surface area contributed by atoms with E-state index in [1.165, 1.54) is 12.1 Å². The maximum Gasteiger partial charge on any atom is 0.408 e. The summed E-state index contributed by atoms with van der Waals surface area (Å²) in [6.45, 7) is 11.5. The first-order valence-corrected chi connectivity index (χ1v) is 18.1. The van der Waals surface area contributed by atoms with E-state index < -0.39 is 23.6 Å². The number of primary amides is 1. The number of halogens is 1. The normalized spacial score (nSPS) is 13.3. The van der Waals surface area contributed by atoms with Gasteiger partial charge in [0.2, 0.25) is 17.7 Å². The molecule has 13 nitrogen and oxygen atoms in total. The minimum Gasteiger partial charge on any atom is -0.444 e. The van der Waals surface area contributed by atoms with E-state index in [2.05, 4.69) is 51.8 Å². The van der Waals surface area contributed by atoms with E-state index >= 15 is 0 Å². The van der Waals surface area contributed by atoms with Gasteiger partial charge in [0.25, 0.3) is 0 Å². The van der Waals surface area contributed by atoms with Crippen molar-refractivity contribution in [2.45, 2.75) is 72.4 Å². The van der Waals surface area contributed by atoms with Crippen molar-refractivity contribution < 1.29 is 23.9 Å². The fourth-order valence-corrected chi connectivity index (χ4v) is 6.93. The first kappa shape index (κ1) is 38.7. The molecular formula is C38H41ClN8O5S. The SMILES string of the molecule is Cc1sc2c(c1C)C(c1ccc(Cl)cc1)=N[C@@H](CC(=O)NCCCC(=O)Nc1ccc(C(N)=O)c(C#CCNC(=O)OC(C)(C)C)c1)c1nnc(C)n1-2. The van der Waals surface area contributed by atoms with Gasteiger partial charge in [-0.15, -0.1) is 21.5 Å². The van der Waals surface area contributed by atoms with E-state index in [-0.39, 0.29) is 43.3 Å². The molecule has 4 amide bonds. The van der Waals surface area contributed by atoms with Crippen LogP contribution in [0.1, 0.15) is 95.2 Å². The topological polar surface area (TPSA) is 183 Å². The van der Waals surface area contributed by atoms with Crippen LogP contribution in [0.2, 0.25) is 5.02 Å². The number of benzene rings is 2. The summed E-state index contributed by atoms with van der Waals surface area (Å²) in [5.74, 6) is 5.63. The van der Waals surface area contributed by atoms with E-state index in [4.69, 9.17) is 27.1 Å². The van der Waals surface area contributed by atoms with Gasteiger partial charge in [-0.25, -0.2) is 4.79 Å². The Morgan fingerprint density at radius 1 is 1.02 bits per heavy atom. The Bertz CT molecular complexity index is 2150. The molecule has 0 spiro atoms. The number of carbonyl (C=O) groups is 4. The van der Waals surface area contributed by atoms with Gasteiger partial charge in [0.15, 0.2) is 5.82 Å². The minimum absolute atomic E-state index is 0.0255. The number of hydrogen-bond donors (Lipinski definition) is 4. The van der Waals surface area contributed by atoms with Crippen LogP contribution in [0.15, 0.2) is 47.5 Å². The van der Waals surface area contributed by atoms with Gasteiger partial charge < -0.3 is 26.4 Å². The number of nitrogens with two attached hydrogens (primary N) is 1. The number of anilines is 1. The summed E-state index contributed by atoms with van der Waals surface area (Å²) >= 11 is 7.84. The molecule has 0 aliphatic carbocycles. The number of nitrogens with zero attached hydrogens (tertiary/aromatic N) is 4. The zero-order chi connectivity index (χ0) is 38.4. The maximum absolute atomic E-state index is 13.3. The third-order valence-electron chi connectivity index (χ3n) is 8.15. The summed E-state index contributed by atoms with van der Waals surface area (Å²) in [7, 11) is 0. The molecule has 0 bridgehead atoms. The Morgan fingerprint density at radius 2 is 1.75 bits per heavy atom. The van der Waals surface area contributed by atoms with Crippen LogP contribution in [0, 0.1) is 32.6 Å². The average molecular weight is 757 g/mol. The largest absolute Gasteiger partial charge is 0.444 e. The second kappa shape index (κ2) is 16.4. The zero-order valence-corrected chi connectivity index (χ0v) is 31.9. The van der Waals surface area contributed by atoms with E-state index in [0.717, 1.165) is 32.3 Å². The highest BCUT2D eigenvalue weighted by molar-refractivity contribution is 7.15. The van der Waals surface area contributed by atoms with Crippen molar-refractivity contribution in [1.82, 2.24) is 25.4 Å². The molecule has 0 fully saturated rings. The standard InChI is InChI=1S/C38H41ClN8O5S/c1-21-22(2)53-36-32(21)33(24-11-13-26(39)14-12-24)44-29(35-46-45-23(3)47(35)36)20-31(49)41-17-8-10-30(48)43-27-15-16-28(34(40)50)25(19-27)9-7-18-42-37(51)52-38(4,5)6/h11-16,19,29H,8,10,17-18,20H2,1-6H3,(H2,40,50)(H,41,49)(H,42,51)(H,43,48)/t29-/m0/s1. The fourth-order valence-electron chi connectivity index (χ4n) is 5.59. The molecule has 2 aromatic carbocycles. The predicted octanol–water partition coefficient (Wildman–Crippen LogP) is 5.70. The number of nitrogens with one attached hydrogen (secondary N) is 3. The highest BCUT2D eigenvalue weighted by Gasteiger charge is 2.32. The van der Waals surface area contributed by atoms with Gasteiger partial charge in [0, 0.05) is 45.2 Å². The van der Waals surface area contributed by atoms with Crippen molar-refractivity contribution in [2.75, 3.05) is 18.4 Å². The molecular weight excluding hydrogens is 716 g/mol. The van der Waals surface area contributed by atoms with Crippen LogP contribution in [0.25, 0.3) is 5.00 Å². The summed E-state index contributed by atoms with van der Waals surface area (Å²) in [5, 5.41) is 18.6. The van der Waals surface area contributed by atoms with Gasteiger partial charge in [-0.2, -0.15) is 0 Å². The van der Waals surface area contributed by atoms with Crippen LogP contribution in [0.3, 0.4) is 0 Å². The molecule has 1 aliphatic heterocycles. The van der Waals surface area contributed by atoms with Crippen molar-refractivity contribution in [2.24, 2.45) is 10.7 Å².